The first kappa shape index (κ1) is 28.7. The molecule has 37 heavy (non-hydrogen) atoms. The number of hydrogen-bond acceptors (Lipinski definition) is 8. The number of esters is 1. The molecule has 0 spiro atoms. The molecule has 0 aromatic carbocycles. The molecular weight excluding hydrogens is 476 g/mol. The van der Waals surface area contributed by atoms with Crippen molar-refractivity contribution >= 4 is 11.8 Å². The third-order valence-corrected chi connectivity index (χ3v) is 9.18. The van der Waals surface area contributed by atoms with Gasteiger partial charge in [0.25, 0.3) is 0 Å². The molecule has 8 heteroatoms. The van der Waals surface area contributed by atoms with Gasteiger partial charge < -0.3 is 28.8 Å². The smallest absolute Gasteiger partial charge is 0.306 e. The van der Waals surface area contributed by atoms with Crippen molar-refractivity contribution in [2.45, 2.75) is 109 Å². The summed E-state index contributed by atoms with van der Waals surface area (Å²) in [5.41, 5.74) is 0.799. The molecular formula is C29H46O8. The number of carbonyl (C=O) groups excluding carboxylic acids is 2. The molecule has 0 bridgehead atoms. The Labute approximate surface area is 221 Å². The van der Waals surface area contributed by atoms with E-state index in [2.05, 4.69) is 19.9 Å². The van der Waals surface area contributed by atoms with Crippen molar-refractivity contribution in [2.24, 2.45) is 29.6 Å². The van der Waals surface area contributed by atoms with Gasteiger partial charge in [0, 0.05) is 32.5 Å². The second-order valence-corrected chi connectivity index (χ2v) is 11.6. The lowest BCUT2D eigenvalue weighted by Gasteiger charge is -2.42. The Balaban J connectivity index is 1.54. The van der Waals surface area contributed by atoms with Crippen LogP contribution < -0.4 is 0 Å². The van der Waals surface area contributed by atoms with E-state index in [-0.39, 0.29) is 78.8 Å². The van der Waals surface area contributed by atoms with Crippen LogP contribution in [0.2, 0.25) is 0 Å². The van der Waals surface area contributed by atoms with Crippen LogP contribution in [0.4, 0.5) is 0 Å². The lowest BCUT2D eigenvalue weighted by Crippen LogP contribution is -2.45. The third kappa shape index (κ3) is 6.30. The van der Waals surface area contributed by atoms with Gasteiger partial charge in [0.05, 0.1) is 31.3 Å². The van der Waals surface area contributed by atoms with Gasteiger partial charge in [0.15, 0.2) is 12.1 Å². The number of Topliss-reactive ketones (excluding diaryl/α,β-unsaturated/α-hetero) is 1. The summed E-state index contributed by atoms with van der Waals surface area (Å²) in [6, 6.07) is 0. The van der Waals surface area contributed by atoms with Crippen LogP contribution in [0.15, 0.2) is 11.6 Å². The minimum atomic E-state index is -1.09. The summed E-state index contributed by atoms with van der Waals surface area (Å²) < 4.78 is 28.8. The van der Waals surface area contributed by atoms with Gasteiger partial charge in [-0.25, -0.2) is 0 Å². The van der Waals surface area contributed by atoms with Crippen molar-refractivity contribution in [2.75, 3.05) is 20.8 Å². The second-order valence-electron chi connectivity index (χ2n) is 11.6. The van der Waals surface area contributed by atoms with Gasteiger partial charge >= 0.3 is 5.97 Å². The predicted molar refractivity (Wildman–Crippen MR) is 137 cm³/mol. The average Bonchev–Trinajstić information content (AvgIpc) is 3.44. The zero-order chi connectivity index (χ0) is 26.7. The summed E-state index contributed by atoms with van der Waals surface area (Å²) in [7, 11) is 3.08. The molecule has 8 nitrogen and oxygen atoms in total. The van der Waals surface area contributed by atoms with E-state index in [1.165, 1.54) is 7.11 Å². The maximum atomic E-state index is 13.6. The van der Waals surface area contributed by atoms with Gasteiger partial charge in [-0.3, -0.25) is 9.59 Å². The SMILES string of the molecule is CC[C@H]1CCCC[C@@H](C)C(=O)C2=CC3[C@@H]4C[C@H](OC(O)[C@H](COC)OC)CC4OC(C)[C@H]3[C@@H]2CC(=O)O1. The first-order valence-corrected chi connectivity index (χ1v) is 14.2. The van der Waals surface area contributed by atoms with Crippen LogP contribution in [0.25, 0.3) is 0 Å². The second kappa shape index (κ2) is 12.7. The Morgan fingerprint density at radius 3 is 2.59 bits per heavy atom. The van der Waals surface area contributed by atoms with Crippen LogP contribution in [-0.2, 0) is 33.3 Å². The molecule has 2 heterocycles. The summed E-state index contributed by atoms with van der Waals surface area (Å²) >= 11 is 0. The lowest BCUT2D eigenvalue weighted by atomic mass is 9.71. The van der Waals surface area contributed by atoms with Gasteiger partial charge in [0.1, 0.15) is 12.2 Å². The minimum Gasteiger partial charge on any atom is -0.462 e. The van der Waals surface area contributed by atoms with Crippen LogP contribution in [0.3, 0.4) is 0 Å². The van der Waals surface area contributed by atoms with E-state index in [1.54, 1.807) is 7.11 Å². The first-order valence-electron chi connectivity index (χ1n) is 14.2. The van der Waals surface area contributed by atoms with Crippen molar-refractivity contribution in [3.8, 4) is 0 Å². The number of aliphatic hydroxyl groups is 1. The van der Waals surface area contributed by atoms with Crippen molar-refractivity contribution in [3.05, 3.63) is 11.6 Å². The number of fused-ring (bicyclic) bond motifs is 5. The molecule has 0 radical (unpaired) electrons. The van der Waals surface area contributed by atoms with E-state index in [4.69, 9.17) is 23.7 Å². The Kier molecular flexibility index (Phi) is 9.84. The highest BCUT2D eigenvalue weighted by atomic mass is 16.6. The molecule has 0 aromatic heterocycles. The van der Waals surface area contributed by atoms with Crippen LogP contribution in [-0.4, -0.2) is 74.5 Å². The molecule has 0 aromatic rings. The topological polar surface area (TPSA) is 101 Å². The number of aliphatic hydroxyl groups excluding tert-OH is 1. The number of cyclic esters (lactones) is 1. The fourth-order valence-electron chi connectivity index (χ4n) is 7.22. The van der Waals surface area contributed by atoms with E-state index < -0.39 is 12.4 Å². The number of ketones is 1. The summed E-state index contributed by atoms with van der Waals surface area (Å²) in [4.78, 5) is 26.7. The Hall–Kier alpha value is -1.32. The standard InChI is InChI=1S/C29H46O8/c1-6-18-10-8-7-9-16(2)28(31)23-13-21-20-11-19(37-29(32)25(34-5)15-33-4)12-24(20)35-17(3)27(21)22(23)14-26(30)36-18/h13,16-22,24-25,27,29,32H,6-12,14-15H2,1-5H3/t16-,17?,18+,19+,20+,21?,22-,24?,25+,27-,29?/m1/s1. The molecule has 3 fully saturated rings. The largest absolute Gasteiger partial charge is 0.462 e. The molecule has 210 valence electrons. The number of ether oxygens (including phenoxy) is 5. The maximum absolute atomic E-state index is 13.6. The fraction of sp³-hybridized carbons (Fsp3) is 0.862. The summed E-state index contributed by atoms with van der Waals surface area (Å²) in [6.45, 7) is 6.39. The number of methoxy groups -OCH3 is 2. The average molecular weight is 523 g/mol. The van der Waals surface area contributed by atoms with Crippen molar-refractivity contribution in [1.82, 2.24) is 0 Å². The number of allylic oxidation sites excluding steroid dienone is 2. The zero-order valence-electron chi connectivity index (χ0n) is 23.1. The Morgan fingerprint density at radius 1 is 1.14 bits per heavy atom. The van der Waals surface area contributed by atoms with Crippen LogP contribution in [0.5, 0.6) is 0 Å². The van der Waals surface area contributed by atoms with Gasteiger partial charge in [-0.15, -0.1) is 0 Å². The van der Waals surface area contributed by atoms with Gasteiger partial charge in [-0.05, 0) is 62.4 Å². The highest BCUT2D eigenvalue weighted by Gasteiger charge is 2.55. The maximum Gasteiger partial charge on any atom is 0.306 e. The van der Waals surface area contributed by atoms with Crippen molar-refractivity contribution in [3.63, 3.8) is 0 Å². The van der Waals surface area contributed by atoms with Crippen LogP contribution in [0.1, 0.15) is 72.1 Å². The quantitative estimate of drug-likeness (QED) is 0.398. The van der Waals surface area contributed by atoms with E-state index in [0.29, 0.717) is 6.42 Å². The summed E-state index contributed by atoms with van der Waals surface area (Å²) in [6.07, 6.45) is 6.23. The molecule has 0 amide bonds. The van der Waals surface area contributed by atoms with Crippen LogP contribution in [0, 0.1) is 29.6 Å². The van der Waals surface area contributed by atoms with E-state index in [1.807, 2.05) is 6.92 Å². The number of rotatable bonds is 7. The third-order valence-electron chi connectivity index (χ3n) is 9.18. The summed E-state index contributed by atoms with van der Waals surface area (Å²) in [5.74, 6) is 0.0636. The van der Waals surface area contributed by atoms with E-state index in [9.17, 15) is 14.7 Å². The van der Waals surface area contributed by atoms with Crippen molar-refractivity contribution in [1.29, 1.82) is 0 Å². The van der Waals surface area contributed by atoms with Gasteiger partial charge in [0.2, 0.25) is 0 Å². The number of hydrogen-bond donors (Lipinski definition) is 1. The lowest BCUT2D eigenvalue weighted by molar-refractivity contribution is -0.204. The highest BCUT2D eigenvalue weighted by Crippen LogP contribution is 2.54. The molecule has 4 rings (SSSR count). The molecule has 1 N–H and O–H groups in total. The predicted octanol–water partition coefficient (Wildman–Crippen LogP) is 3.83. The van der Waals surface area contributed by atoms with Gasteiger partial charge in [-0.1, -0.05) is 26.3 Å². The Bertz CT molecular complexity index is 827. The monoisotopic (exact) mass is 522 g/mol. The van der Waals surface area contributed by atoms with Gasteiger partial charge in [-0.2, -0.15) is 0 Å². The molecule has 2 aliphatic carbocycles. The normalized spacial score (nSPS) is 40.4. The molecule has 4 aliphatic rings. The number of carbonyl (C=O) groups is 2. The molecule has 11 atom stereocenters. The van der Waals surface area contributed by atoms with E-state index >= 15 is 0 Å². The minimum absolute atomic E-state index is 0.0147. The fourth-order valence-corrected chi connectivity index (χ4v) is 7.22. The first-order chi connectivity index (χ1) is 17.8. The molecule has 2 aliphatic heterocycles. The molecule has 4 unspecified atom stereocenters. The highest BCUT2D eigenvalue weighted by molar-refractivity contribution is 5.98. The van der Waals surface area contributed by atoms with Crippen LogP contribution >= 0.6 is 0 Å². The Morgan fingerprint density at radius 2 is 1.89 bits per heavy atom. The van der Waals surface area contributed by atoms with Crippen molar-refractivity contribution < 1.29 is 38.4 Å². The zero-order valence-corrected chi connectivity index (χ0v) is 23.1. The summed E-state index contributed by atoms with van der Waals surface area (Å²) in [5, 5.41) is 10.6. The molecule has 1 saturated carbocycles. The van der Waals surface area contributed by atoms with E-state index in [0.717, 1.165) is 44.1 Å². The molecule has 2 saturated heterocycles.